The molecule has 0 saturated carbocycles. The fraction of sp³-hybridized carbons (Fsp3) is 0.100. The number of rotatable bonds is 3. The van der Waals surface area contributed by atoms with Gasteiger partial charge in [0.1, 0.15) is 5.76 Å². The van der Waals surface area contributed by atoms with Gasteiger partial charge in [-0.3, -0.25) is 0 Å². The molecule has 4 heteroatoms. The summed E-state index contributed by atoms with van der Waals surface area (Å²) in [5.74, 6) is 0.808. The lowest BCUT2D eigenvalue weighted by Crippen LogP contribution is -1.91. The molecule has 2 heterocycles. The molecule has 0 saturated heterocycles. The van der Waals surface area contributed by atoms with Crippen molar-refractivity contribution < 1.29 is 4.52 Å². The summed E-state index contributed by atoms with van der Waals surface area (Å²) in [7, 11) is 0. The molecule has 0 unspecified atom stereocenters. The monoisotopic (exact) mass is 315 g/mol. The highest BCUT2D eigenvalue weighted by molar-refractivity contribution is 5.96. The Kier molecular flexibility index (Phi) is 3.31. The predicted molar refractivity (Wildman–Crippen MR) is 95.6 cm³/mol. The number of imidazole rings is 1. The Hall–Kier alpha value is -3.14. The van der Waals surface area contributed by atoms with Gasteiger partial charge in [0.2, 0.25) is 0 Å². The molecule has 0 atom stereocenters. The van der Waals surface area contributed by atoms with Crippen LogP contribution in [0.4, 0.5) is 0 Å². The Morgan fingerprint density at radius 1 is 1.12 bits per heavy atom. The molecule has 0 aliphatic heterocycles. The number of hydrogen-bond acceptors (Lipinski definition) is 3. The van der Waals surface area contributed by atoms with Crippen molar-refractivity contribution in [2.75, 3.05) is 0 Å². The van der Waals surface area contributed by atoms with E-state index in [4.69, 9.17) is 4.52 Å². The molecule has 2 aromatic heterocycles. The van der Waals surface area contributed by atoms with Crippen LogP contribution in [0.3, 0.4) is 0 Å². The van der Waals surface area contributed by atoms with Crippen molar-refractivity contribution in [3.63, 3.8) is 0 Å². The number of hydrogen-bond donors (Lipinski definition) is 1. The second kappa shape index (κ2) is 5.49. The fourth-order valence-corrected chi connectivity index (χ4v) is 3.11. The van der Waals surface area contributed by atoms with Gasteiger partial charge in [0, 0.05) is 11.1 Å². The average molecular weight is 315 g/mol. The number of aryl methyl sites for hydroxylation is 2. The number of nitrogens with zero attached hydrogens (tertiary/aromatic N) is 2. The topological polar surface area (TPSA) is 54.7 Å². The van der Waals surface area contributed by atoms with E-state index < -0.39 is 0 Å². The smallest absolute Gasteiger partial charge is 0.141 e. The molecule has 1 N–H and O–H groups in total. The molecule has 4 aromatic rings. The van der Waals surface area contributed by atoms with Gasteiger partial charge in [-0.1, -0.05) is 42.1 Å². The van der Waals surface area contributed by atoms with Gasteiger partial charge < -0.3 is 9.51 Å². The number of aromatic nitrogens is 3. The summed E-state index contributed by atoms with van der Waals surface area (Å²) in [4.78, 5) is 7.68. The molecule has 0 radical (unpaired) electrons. The Balaban J connectivity index is 1.95. The number of nitrogens with one attached hydrogen (secondary N) is 1. The van der Waals surface area contributed by atoms with Crippen molar-refractivity contribution in [3.8, 4) is 11.1 Å². The second-order valence-corrected chi connectivity index (χ2v) is 5.87. The largest absolute Gasteiger partial charge is 0.361 e. The highest BCUT2D eigenvalue weighted by Crippen LogP contribution is 2.34. The molecule has 0 bridgehead atoms. The number of benzene rings is 2. The zero-order valence-electron chi connectivity index (χ0n) is 13.6. The van der Waals surface area contributed by atoms with E-state index in [1.165, 1.54) is 0 Å². The van der Waals surface area contributed by atoms with Crippen LogP contribution in [0.5, 0.6) is 0 Å². The van der Waals surface area contributed by atoms with Crippen LogP contribution in [-0.2, 0) is 0 Å². The van der Waals surface area contributed by atoms with Crippen molar-refractivity contribution in [2.24, 2.45) is 0 Å². The quantitative estimate of drug-likeness (QED) is 0.585. The number of fused-ring (bicyclic) bond motifs is 1. The van der Waals surface area contributed by atoms with Crippen molar-refractivity contribution in [1.29, 1.82) is 0 Å². The summed E-state index contributed by atoms with van der Waals surface area (Å²) in [5.41, 5.74) is 7.87. The highest BCUT2D eigenvalue weighted by Gasteiger charge is 2.16. The summed E-state index contributed by atoms with van der Waals surface area (Å²) in [6.07, 6.45) is 1.71. The summed E-state index contributed by atoms with van der Waals surface area (Å²) >= 11 is 0. The third kappa shape index (κ3) is 2.24. The molecule has 0 aliphatic rings. The Bertz CT molecular complexity index is 1020. The lowest BCUT2D eigenvalue weighted by molar-refractivity contribution is 0.393. The Morgan fingerprint density at radius 3 is 2.62 bits per heavy atom. The summed E-state index contributed by atoms with van der Waals surface area (Å²) in [6, 6.07) is 14.3. The maximum absolute atomic E-state index is 5.33. The van der Waals surface area contributed by atoms with Gasteiger partial charge in [-0.15, -0.1) is 0 Å². The van der Waals surface area contributed by atoms with Crippen LogP contribution < -0.4 is 0 Å². The Morgan fingerprint density at radius 2 is 1.92 bits per heavy atom. The van der Waals surface area contributed by atoms with Gasteiger partial charge in [-0.05, 0) is 42.7 Å². The number of H-pyrrole nitrogens is 1. The van der Waals surface area contributed by atoms with E-state index in [9.17, 15) is 0 Å². The first-order valence-electron chi connectivity index (χ1n) is 7.80. The van der Waals surface area contributed by atoms with E-state index in [1.54, 1.807) is 6.33 Å². The molecule has 4 nitrogen and oxygen atoms in total. The van der Waals surface area contributed by atoms with E-state index in [0.717, 1.165) is 50.3 Å². The molecule has 118 valence electrons. The second-order valence-electron chi connectivity index (χ2n) is 5.87. The van der Waals surface area contributed by atoms with Gasteiger partial charge in [0.15, 0.2) is 0 Å². The molecular formula is C20H17N3O. The molecule has 0 spiro atoms. The van der Waals surface area contributed by atoms with Crippen molar-refractivity contribution >= 4 is 16.6 Å². The molecule has 0 fully saturated rings. The van der Waals surface area contributed by atoms with E-state index in [0.29, 0.717) is 0 Å². The zero-order valence-corrected chi connectivity index (χ0v) is 13.6. The van der Waals surface area contributed by atoms with Crippen LogP contribution in [0.2, 0.25) is 0 Å². The van der Waals surface area contributed by atoms with Crippen LogP contribution in [0.1, 0.15) is 22.6 Å². The predicted octanol–water partition coefficient (Wildman–Crippen LogP) is 4.90. The SMILES string of the molecule is C=C(c1ccccc1)c1cc(-c2c(C)noc2C)cc2[nH]cnc12. The summed E-state index contributed by atoms with van der Waals surface area (Å²) in [5, 5.41) is 4.07. The van der Waals surface area contributed by atoms with E-state index in [1.807, 2.05) is 32.0 Å². The van der Waals surface area contributed by atoms with Crippen molar-refractivity contribution in [3.05, 3.63) is 78.0 Å². The van der Waals surface area contributed by atoms with Gasteiger partial charge >= 0.3 is 0 Å². The Labute approximate surface area is 139 Å². The van der Waals surface area contributed by atoms with Gasteiger partial charge in [-0.25, -0.2) is 4.98 Å². The number of aromatic amines is 1. The molecule has 24 heavy (non-hydrogen) atoms. The first-order valence-corrected chi connectivity index (χ1v) is 7.80. The minimum absolute atomic E-state index is 0.808. The minimum atomic E-state index is 0.808. The van der Waals surface area contributed by atoms with Crippen LogP contribution in [0, 0.1) is 13.8 Å². The van der Waals surface area contributed by atoms with E-state index in [-0.39, 0.29) is 0 Å². The fourth-order valence-electron chi connectivity index (χ4n) is 3.11. The first kappa shape index (κ1) is 14.5. The molecular weight excluding hydrogens is 298 g/mol. The molecule has 4 rings (SSSR count). The van der Waals surface area contributed by atoms with Gasteiger partial charge in [0.05, 0.1) is 23.1 Å². The lowest BCUT2D eigenvalue weighted by atomic mass is 9.94. The zero-order chi connectivity index (χ0) is 16.7. The summed E-state index contributed by atoms with van der Waals surface area (Å²) in [6.45, 7) is 8.18. The highest BCUT2D eigenvalue weighted by atomic mass is 16.5. The third-order valence-electron chi connectivity index (χ3n) is 4.29. The maximum atomic E-state index is 5.33. The normalized spacial score (nSPS) is 11.1. The van der Waals surface area contributed by atoms with Crippen LogP contribution in [0.15, 0.2) is 59.9 Å². The minimum Gasteiger partial charge on any atom is -0.361 e. The third-order valence-corrected chi connectivity index (χ3v) is 4.29. The van der Waals surface area contributed by atoms with Gasteiger partial charge in [0.25, 0.3) is 0 Å². The average Bonchev–Trinajstić information content (AvgIpc) is 3.20. The standard InChI is InChI=1S/C20H17N3O/c1-12(15-7-5-4-6-8-15)17-9-16(10-18-20(17)22-11-21-18)19-13(2)23-24-14(19)3/h4-11H,1H2,2-3H3,(H,21,22). The lowest BCUT2D eigenvalue weighted by Gasteiger charge is -2.10. The van der Waals surface area contributed by atoms with Crippen molar-refractivity contribution in [2.45, 2.75) is 13.8 Å². The molecule has 0 aliphatic carbocycles. The van der Waals surface area contributed by atoms with Crippen LogP contribution in [0.25, 0.3) is 27.7 Å². The molecule has 0 amide bonds. The van der Waals surface area contributed by atoms with Gasteiger partial charge in [-0.2, -0.15) is 0 Å². The van der Waals surface area contributed by atoms with E-state index >= 15 is 0 Å². The van der Waals surface area contributed by atoms with Crippen molar-refractivity contribution in [1.82, 2.24) is 15.1 Å². The van der Waals surface area contributed by atoms with Crippen LogP contribution >= 0.6 is 0 Å². The van der Waals surface area contributed by atoms with E-state index in [2.05, 4.69) is 46.0 Å². The summed E-state index contributed by atoms with van der Waals surface area (Å²) < 4.78 is 5.33. The molecule has 2 aromatic carbocycles. The first-order chi connectivity index (χ1) is 11.6. The maximum Gasteiger partial charge on any atom is 0.141 e. The van der Waals surface area contributed by atoms with Crippen LogP contribution in [-0.4, -0.2) is 15.1 Å².